The summed E-state index contributed by atoms with van der Waals surface area (Å²) in [6.07, 6.45) is -2.50. The number of alkyl halides is 3. The van der Waals surface area contributed by atoms with Gasteiger partial charge in [0.1, 0.15) is 0 Å². The van der Waals surface area contributed by atoms with Crippen molar-refractivity contribution in [3.8, 4) is 0 Å². The maximum absolute atomic E-state index is 12.7. The lowest BCUT2D eigenvalue weighted by atomic mass is 10.0. The average molecular weight is 334 g/mol. The second kappa shape index (κ2) is 6.55. The third-order valence-corrected chi connectivity index (χ3v) is 4.01. The molecule has 6 heteroatoms. The van der Waals surface area contributed by atoms with E-state index >= 15 is 0 Å². The fourth-order valence-electron chi connectivity index (χ4n) is 2.92. The number of fused-ring (bicyclic) bond motifs is 1. The second-order valence-electron chi connectivity index (χ2n) is 5.78. The number of aryl methyl sites for hydroxylation is 1. The molecule has 1 amide bonds. The molecule has 126 valence electrons. The van der Waals surface area contributed by atoms with E-state index in [0.29, 0.717) is 0 Å². The van der Waals surface area contributed by atoms with Crippen molar-refractivity contribution in [1.29, 1.82) is 0 Å². The van der Waals surface area contributed by atoms with E-state index in [1.54, 1.807) is 0 Å². The van der Waals surface area contributed by atoms with Crippen LogP contribution in [0.3, 0.4) is 0 Å². The number of rotatable bonds is 3. The number of hydrogen-bond acceptors (Lipinski definition) is 2. The Bertz CT molecular complexity index is 743. The molecule has 0 radical (unpaired) electrons. The molecule has 0 fully saturated rings. The molecule has 24 heavy (non-hydrogen) atoms. The minimum atomic E-state index is -4.42. The van der Waals surface area contributed by atoms with Crippen LogP contribution in [0.2, 0.25) is 0 Å². The molecule has 0 aromatic heterocycles. The van der Waals surface area contributed by atoms with Crippen LogP contribution in [-0.4, -0.2) is 19.0 Å². The van der Waals surface area contributed by atoms with E-state index in [-0.39, 0.29) is 18.1 Å². The zero-order chi connectivity index (χ0) is 17.2. The molecule has 1 N–H and O–H groups in total. The molecule has 2 aromatic rings. The summed E-state index contributed by atoms with van der Waals surface area (Å²) >= 11 is 0. The summed E-state index contributed by atoms with van der Waals surface area (Å²) in [5, 5.41) is 2.55. The molecule has 0 spiro atoms. The Kier molecular flexibility index (Phi) is 4.46. The van der Waals surface area contributed by atoms with Crippen molar-refractivity contribution in [2.24, 2.45) is 0 Å². The molecule has 0 saturated carbocycles. The van der Waals surface area contributed by atoms with Gasteiger partial charge in [0.25, 0.3) is 0 Å². The van der Waals surface area contributed by atoms with E-state index < -0.39 is 11.7 Å². The van der Waals surface area contributed by atoms with Gasteiger partial charge in [-0.1, -0.05) is 24.3 Å². The molecule has 1 heterocycles. The Hall–Kier alpha value is -2.50. The van der Waals surface area contributed by atoms with Crippen molar-refractivity contribution in [3.05, 3.63) is 59.7 Å². The van der Waals surface area contributed by atoms with Gasteiger partial charge in [-0.15, -0.1) is 0 Å². The molecular formula is C18H17F3N2O. The minimum Gasteiger partial charge on any atom is -0.362 e. The summed E-state index contributed by atoms with van der Waals surface area (Å²) in [5.41, 5.74) is 1.59. The summed E-state index contributed by atoms with van der Waals surface area (Å²) in [6.45, 7) is 0.875. The Morgan fingerprint density at radius 1 is 1.12 bits per heavy atom. The molecule has 3 rings (SSSR count). The Morgan fingerprint density at radius 3 is 2.71 bits per heavy atom. The molecule has 3 nitrogen and oxygen atoms in total. The van der Waals surface area contributed by atoms with E-state index in [1.807, 2.05) is 29.2 Å². The summed E-state index contributed by atoms with van der Waals surface area (Å²) in [4.78, 5) is 14.2. The van der Waals surface area contributed by atoms with Crippen LogP contribution in [0.4, 0.5) is 24.5 Å². The first kappa shape index (κ1) is 16.4. The van der Waals surface area contributed by atoms with Gasteiger partial charge in [-0.25, -0.2) is 0 Å². The highest BCUT2D eigenvalue weighted by atomic mass is 19.4. The molecule has 0 saturated heterocycles. The van der Waals surface area contributed by atoms with Gasteiger partial charge < -0.3 is 10.2 Å². The normalized spacial score (nSPS) is 14.2. The van der Waals surface area contributed by atoms with Crippen LogP contribution in [-0.2, 0) is 17.4 Å². The van der Waals surface area contributed by atoms with Crippen molar-refractivity contribution in [2.45, 2.75) is 19.0 Å². The van der Waals surface area contributed by atoms with E-state index in [1.165, 1.54) is 17.7 Å². The largest absolute Gasteiger partial charge is 0.416 e. The van der Waals surface area contributed by atoms with Crippen molar-refractivity contribution < 1.29 is 18.0 Å². The summed E-state index contributed by atoms with van der Waals surface area (Å²) in [7, 11) is 0. The number of hydrogen-bond donors (Lipinski definition) is 1. The van der Waals surface area contributed by atoms with Crippen LogP contribution in [0.5, 0.6) is 0 Å². The number of benzene rings is 2. The van der Waals surface area contributed by atoms with Gasteiger partial charge in [0.15, 0.2) is 0 Å². The van der Waals surface area contributed by atoms with Crippen LogP contribution < -0.4 is 10.2 Å². The van der Waals surface area contributed by atoms with Crippen molar-refractivity contribution in [1.82, 2.24) is 0 Å². The number of anilines is 2. The van der Waals surface area contributed by atoms with E-state index in [4.69, 9.17) is 0 Å². The standard InChI is InChI=1S/C18H17F3N2O/c19-18(20,21)14-7-3-8-15(11-14)22-17(24)12-23-10-4-6-13-5-1-2-9-16(13)23/h1-3,5,7-9,11H,4,6,10,12H2,(H,22,24). The van der Waals surface area contributed by atoms with Crippen LogP contribution in [0.1, 0.15) is 17.5 Å². The number of carbonyl (C=O) groups is 1. The van der Waals surface area contributed by atoms with Crippen LogP contribution in [0, 0.1) is 0 Å². The van der Waals surface area contributed by atoms with Crippen molar-refractivity contribution >= 4 is 17.3 Å². The zero-order valence-corrected chi connectivity index (χ0v) is 12.9. The van der Waals surface area contributed by atoms with Crippen LogP contribution in [0.15, 0.2) is 48.5 Å². The lowest BCUT2D eigenvalue weighted by molar-refractivity contribution is -0.137. The molecular weight excluding hydrogens is 317 g/mol. The first-order valence-corrected chi connectivity index (χ1v) is 7.73. The molecule has 2 aromatic carbocycles. The summed E-state index contributed by atoms with van der Waals surface area (Å²) in [5.74, 6) is -0.328. The number of para-hydroxylation sites is 1. The molecule has 0 atom stereocenters. The maximum atomic E-state index is 12.7. The summed E-state index contributed by atoms with van der Waals surface area (Å²) in [6, 6.07) is 12.6. The molecule has 0 bridgehead atoms. The minimum absolute atomic E-state index is 0.118. The molecule has 1 aliphatic rings. The number of nitrogens with zero attached hydrogens (tertiary/aromatic N) is 1. The molecule has 0 unspecified atom stereocenters. The van der Waals surface area contributed by atoms with Gasteiger partial charge in [-0.3, -0.25) is 4.79 Å². The van der Waals surface area contributed by atoms with Gasteiger partial charge in [-0.05, 0) is 42.7 Å². The van der Waals surface area contributed by atoms with Crippen molar-refractivity contribution in [3.63, 3.8) is 0 Å². The SMILES string of the molecule is O=C(CN1CCCc2ccccc21)Nc1cccc(C(F)(F)F)c1. The highest BCUT2D eigenvalue weighted by Gasteiger charge is 2.30. The van der Waals surface area contributed by atoms with Crippen LogP contribution >= 0.6 is 0 Å². The lowest BCUT2D eigenvalue weighted by Gasteiger charge is -2.30. The van der Waals surface area contributed by atoms with Crippen molar-refractivity contribution in [2.75, 3.05) is 23.3 Å². The average Bonchev–Trinajstić information content (AvgIpc) is 2.54. The predicted molar refractivity (Wildman–Crippen MR) is 87.0 cm³/mol. The highest BCUT2D eigenvalue weighted by Crippen LogP contribution is 2.31. The predicted octanol–water partition coefficient (Wildman–Crippen LogP) is 4.10. The fraction of sp³-hybridized carbons (Fsp3) is 0.278. The third-order valence-electron chi connectivity index (χ3n) is 4.01. The topological polar surface area (TPSA) is 32.3 Å². The van der Waals surface area contributed by atoms with Gasteiger partial charge in [-0.2, -0.15) is 13.2 Å². The van der Waals surface area contributed by atoms with Gasteiger partial charge >= 0.3 is 6.18 Å². The van der Waals surface area contributed by atoms with Gasteiger partial charge in [0.2, 0.25) is 5.91 Å². The molecule has 0 aliphatic carbocycles. The first-order valence-electron chi connectivity index (χ1n) is 7.73. The Balaban J connectivity index is 1.69. The third kappa shape index (κ3) is 3.69. The highest BCUT2D eigenvalue weighted by molar-refractivity contribution is 5.94. The number of nitrogens with one attached hydrogen (secondary N) is 1. The maximum Gasteiger partial charge on any atom is 0.416 e. The Morgan fingerprint density at radius 2 is 1.92 bits per heavy atom. The van der Waals surface area contributed by atoms with Crippen LogP contribution in [0.25, 0.3) is 0 Å². The van der Waals surface area contributed by atoms with Gasteiger partial charge in [0, 0.05) is 17.9 Å². The molecule has 1 aliphatic heterocycles. The first-order chi connectivity index (χ1) is 11.4. The quantitative estimate of drug-likeness (QED) is 0.917. The monoisotopic (exact) mass is 334 g/mol. The number of halogens is 3. The number of amides is 1. The Labute approximate surface area is 138 Å². The zero-order valence-electron chi connectivity index (χ0n) is 12.9. The smallest absolute Gasteiger partial charge is 0.362 e. The number of carbonyl (C=O) groups excluding carboxylic acids is 1. The lowest BCUT2D eigenvalue weighted by Crippen LogP contribution is -2.36. The van der Waals surface area contributed by atoms with E-state index in [0.717, 1.165) is 37.2 Å². The fourth-order valence-corrected chi connectivity index (χ4v) is 2.92. The van der Waals surface area contributed by atoms with E-state index in [2.05, 4.69) is 5.32 Å². The summed E-state index contributed by atoms with van der Waals surface area (Å²) < 4.78 is 38.2. The van der Waals surface area contributed by atoms with E-state index in [9.17, 15) is 18.0 Å². The van der Waals surface area contributed by atoms with Gasteiger partial charge in [0.05, 0.1) is 12.1 Å². The second-order valence-corrected chi connectivity index (χ2v) is 5.78.